The van der Waals surface area contributed by atoms with Gasteiger partial charge in [0.25, 0.3) is 0 Å². The molecule has 0 fully saturated rings. The fourth-order valence-corrected chi connectivity index (χ4v) is 3.25. The van der Waals surface area contributed by atoms with Crippen LogP contribution in [-0.2, 0) is 10.0 Å². The third-order valence-electron chi connectivity index (χ3n) is 3.99. The first-order valence-electron chi connectivity index (χ1n) is 8.58. The lowest BCUT2D eigenvalue weighted by Crippen LogP contribution is -2.38. The minimum absolute atomic E-state index is 0.0259. The molecular formula is C18H23N7O2S. The Morgan fingerprint density at radius 1 is 1.14 bits per heavy atom. The Balaban J connectivity index is 1.99. The molecule has 1 heterocycles. The normalized spacial score (nSPS) is 11.6. The molecule has 0 aliphatic carbocycles. The predicted octanol–water partition coefficient (Wildman–Crippen LogP) is 2.42. The number of rotatable bonds is 6. The molecule has 3 rings (SSSR count). The highest BCUT2D eigenvalue weighted by atomic mass is 32.2. The van der Waals surface area contributed by atoms with Gasteiger partial charge in [-0.25, -0.2) is 24.2 Å². The van der Waals surface area contributed by atoms with E-state index in [1.54, 1.807) is 41.5 Å². The highest BCUT2D eigenvalue weighted by Gasteiger charge is 2.16. The summed E-state index contributed by atoms with van der Waals surface area (Å²) in [4.78, 5) is 8.90. The van der Waals surface area contributed by atoms with E-state index >= 15 is 0 Å². The van der Waals surface area contributed by atoms with Gasteiger partial charge in [0.1, 0.15) is 11.2 Å². The zero-order chi connectivity index (χ0) is 20.5. The number of nitrogens with one attached hydrogen (secondary N) is 2. The van der Waals surface area contributed by atoms with Gasteiger partial charge in [0, 0.05) is 23.3 Å². The molecule has 28 heavy (non-hydrogen) atoms. The van der Waals surface area contributed by atoms with E-state index in [0.717, 1.165) is 11.6 Å². The van der Waals surface area contributed by atoms with E-state index in [1.807, 2.05) is 19.9 Å². The molecule has 148 valence electrons. The van der Waals surface area contributed by atoms with Crippen LogP contribution < -0.4 is 26.6 Å². The quantitative estimate of drug-likeness (QED) is 0.280. The lowest BCUT2D eigenvalue weighted by molar-refractivity contribution is 0.607. The summed E-state index contributed by atoms with van der Waals surface area (Å²) in [7, 11) is -3.37. The lowest BCUT2D eigenvalue weighted by atomic mass is 10.1. The van der Waals surface area contributed by atoms with E-state index in [4.69, 9.17) is 11.6 Å². The van der Waals surface area contributed by atoms with Crippen LogP contribution in [0.15, 0.2) is 42.6 Å². The monoisotopic (exact) mass is 401 g/mol. The second-order valence-corrected chi connectivity index (χ2v) is 8.46. The fraction of sp³-hybridized carbons (Fsp3) is 0.222. The van der Waals surface area contributed by atoms with Gasteiger partial charge in [-0.1, -0.05) is 6.07 Å². The number of nitrogens with zero attached hydrogens (tertiary/aromatic N) is 3. The minimum Gasteiger partial charge on any atom is -0.397 e. The van der Waals surface area contributed by atoms with Crippen LogP contribution in [0.1, 0.15) is 13.8 Å². The van der Waals surface area contributed by atoms with Crippen LogP contribution in [0, 0.1) is 0 Å². The van der Waals surface area contributed by atoms with E-state index in [1.165, 1.54) is 0 Å². The average molecular weight is 401 g/mol. The first kappa shape index (κ1) is 19.6. The third-order valence-corrected chi connectivity index (χ3v) is 4.60. The molecule has 0 unspecified atom stereocenters. The number of anilines is 5. The molecule has 0 saturated heterocycles. The Kier molecular flexibility index (Phi) is 5.25. The second-order valence-electron chi connectivity index (χ2n) is 6.72. The topological polar surface area (TPSA) is 139 Å². The van der Waals surface area contributed by atoms with Gasteiger partial charge in [-0.15, -0.1) is 0 Å². The number of hydrogen-bond acceptors (Lipinski definition) is 8. The molecular weight excluding hydrogens is 378 g/mol. The third kappa shape index (κ3) is 4.41. The molecule has 0 saturated carbocycles. The number of hydrogen-bond donors (Lipinski definition) is 4. The minimum atomic E-state index is -3.37. The van der Waals surface area contributed by atoms with E-state index < -0.39 is 10.0 Å². The van der Waals surface area contributed by atoms with Gasteiger partial charge in [0.2, 0.25) is 16.0 Å². The van der Waals surface area contributed by atoms with Crippen LogP contribution in [0.5, 0.6) is 0 Å². The molecule has 0 atom stereocenters. The molecule has 0 amide bonds. The summed E-state index contributed by atoms with van der Waals surface area (Å²) in [6.07, 6.45) is 2.78. The second kappa shape index (κ2) is 7.49. The number of nitrogen functional groups attached to an aromatic ring is 1. The highest BCUT2D eigenvalue weighted by Crippen LogP contribution is 2.32. The molecule has 1 aromatic heterocycles. The van der Waals surface area contributed by atoms with Gasteiger partial charge >= 0.3 is 0 Å². The van der Waals surface area contributed by atoms with Gasteiger partial charge < -0.3 is 16.1 Å². The van der Waals surface area contributed by atoms with Crippen LogP contribution in [0.3, 0.4) is 0 Å². The fourth-order valence-electron chi connectivity index (χ4n) is 2.69. The van der Waals surface area contributed by atoms with Crippen molar-refractivity contribution in [2.75, 3.05) is 27.0 Å². The molecule has 0 radical (unpaired) electrons. The van der Waals surface area contributed by atoms with Crippen molar-refractivity contribution in [3.63, 3.8) is 0 Å². The molecule has 0 aliphatic heterocycles. The SMILES string of the molecule is CC(C)N(N)c1c(N)ccc2cnc(Nc3cccc(NS(C)(=O)=O)c3)nc12. The van der Waals surface area contributed by atoms with Crippen molar-refractivity contribution >= 4 is 49.6 Å². The van der Waals surface area contributed by atoms with Crippen LogP contribution in [-0.4, -0.2) is 30.7 Å². The summed E-state index contributed by atoms with van der Waals surface area (Å²) in [5, 5.41) is 5.46. The van der Waals surface area contributed by atoms with Crippen molar-refractivity contribution in [3.05, 3.63) is 42.6 Å². The van der Waals surface area contributed by atoms with Gasteiger partial charge in [0.15, 0.2) is 0 Å². The van der Waals surface area contributed by atoms with Crippen molar-refractivity contribution in [2.45, 2.75) is 19.9 Å². The van der Waals surface area contributed by atoms with Crippen LogP contribution in [0.4, 0.5) is 28.7 Å². The summed E-state index contributed by atoms with van der Waals surface area (Å²) in [5.74, 6) is 6.53. The van der Waals surface area contributed by atoms with Gasteiger partial charge in [0.05, 0.1) is 17.6 Å². The molecule has 2 aromatic carbocycles. The van der Waals surface area contributed by atoms with Crippen LogP contribution in [0.2, 0.25) is 0 Å². The van der Waals surface area contributed by atoms with Gasteiger partial charge in [-0.05, 0) is 44.2 Å². The first-order valence-corrected chi connectivity index (χ1v) is 10.5. The van der Waals surface area contributed by atoms with Crippen LogP contribution >= 0.6 is 0 Å². The summed E-state index contributed by atoms with van der Waals surface area (Å²) in [5.41, 5.74) is 8.98. The molecule has 0 spiro atoms. The van der Waals surface area contributed by atoms with Gasteiger partial charge in [-0.2, -0.15) is 0 Å². The largest absolute Gasteiger partial charge is 0.397 e. The number of nitrogens with two attached hydrogens (primary N) is 2. The molecule has 6 N–H and O–H groups in total. The van der Waals surface area contributed by atoms with E-state index in [-0.39, 0.29) is 6.04 Å². The standard InChI is InChI=1S/C18H23N7O2S/c1-11(2)25(20)17-15(19)8-7-12-10-21-18(23-16(12)17)22-13-5-4-6-14(9-13)24-28(3,26)27/h4-11,24H,19-20H2,1-3H3,(H,21,22,23). The first-order chi connectivity index (χ1) is 13.1. The number of aromatic nitrogens is 2. The van der Waals surface area contributed by atoms with E-state index in [0.29, 0.717) is 34.2 Å². The Morgan fingerprint density at radius 3 is 2.54 bits per heavy atom. The summed E-state index contributed by atoms with van der Waals surface area (Å²) >= 11 is 0. The maximum absolute atomic E-state index is 11.4. The summed E-state index contributed by atoms with van der Waals surface area (Å²) < 4.78 is 25.3. The number of benzene rings is 2. The van der Waals surface area contributed by atoms with E-state index in [9.17, 15) is 8.42 Å². The van der Waals surface area contributed by atoms with E-state index in [2.05, 4.69) is 20.0 Å². The van der Waals surface area contributed by atoms with Crippen molar-refractivity contribution in [3.8, 4) is 0 Å². The Bertz CT molecular complexity index is 1120. The average Bonchev–Trinajstić information content (AvgIpc) is 2.60. The number of fused-ring (bicyclic) bond motifs is 1. The highest BCUT2D eigenvalue weighted by molar-refractivity contribution is 7.92. The molecule has 3 aromatic rings. The summed E-state index contributed by atoms with van der Waals surface area (Å²) in [6.45, 7) is 3.91. The maximum Gasteiger partial charge on any atom is 0.229 e. The van der Waals surface area contributed by atoms with Crippen molar-refractivity contribution in [2.24, 2.45) is 5.84 Å². The van der Waals surface area contributed by atoms with Crippen molar-refractivity contribution < 1.29 is 8.42 Å². The smallest absolute Gasteiger partial charge is 0.229 e. The number of hydrazine groups is 1. The molecule has 0 bridgehead atoms. The van der Waals surface area contributed by atoms with Crippen molar-refractivity contribution in [1.29, 1.82) is 0 Å². The van der Waals surface area contributed by atoms with Gasteiger partial charge in [-0.3, -0.25) is 4.72 Å². The lowest BCUT2D eigenvalue weighted by Gasteiger charge is -2.25. The zero-order valence-electron chi connectivity index (χ0n) is 15.8. The summed E-state index contributed by atoms with van der Waals surface area (Å²) in [6, 6.07) is 10.4. The van der Waals surface area contributed by atoms with Crippen molar-refractivity contribution in [1.82, 2.24) is 9.97 Å². The molecule has 9 nitrogen and oxygen atoms in total. The predicted molar refractivity (Wildman–Crippen MR) is 114 cm³/mol. The van der Waals surface area contributed by atoms with Crippen LogP contribution in [0.25, 0.3) is 10.9 Å². The Hall–Kier alpha value is -3.11. The molecule has 0 aliphatic rings. The Morgan fingerprint density at radius 2 is 1.86 bits per heavy atom. The number of sulfonamides is 1. The molecule has 10 heteroatoms. The maximum atomic E-state index is 11.4. The zero-order valence-corrected chi connectivity index (χ0v) is 16.7. The Labute approximate surface area is 163 Å².